The fourth-order valence-electron chi connectivity index (χ4n) is 1.25. The summed E-state index contributed by atoms with van der Waals surface area (Å²) in [6, 6.07) is 5.35. The van der Waals surface area contributed by atoms with Crippen LogP contribution in [0.4, 0.5) is 0 Å². The molecule has 0 unspecified atom stereocenters. The van der Waals surface area contributed by atoms with E-state index in [-0.39, 0.29) is 5.78 Å². The molecule has 0 aliphatic carbocycles. The van der Waals surface area contributed by atoms with E-state index in [1.807, 2.05) is 12.1 Å². The fraction of sp³-hybridized carbons (Fsp3) is 0.0909. The Bertz CT molecular complexity index is 442. The van der Waals surface area contributed by atoms with E-state index < -0.39 is 0 Å². The number of ketones is 1. The summed E-state index contributed by atoms with van der Waals surface area (Å²) in [6.07, 6.45) is 6.70. The van der Waals surface area contributed by atoms with Gasteiger partial charge in [-0.15, -0.1) is 0 Å². The van der Waals surface area contributed by atoms with Crippen LogP contribution in [0.3, 0.4) is 0 Å². The maximum absolute atomic E-state index is 11.7. The van der Waals surface area contributed by atoms with Crippen molar-refractivity contribution in [1.29, 1.82) is 0 Å². The normalized spacial score (nSPS) is 9.87. The van der Waals surface area contributed by atoms with Crippen molar-refractivity contribution < 1.29 is 4.79 Å². The van der Waals surface area contributed by atoms with Crippen LogP contribution < -0.4 is 0 Å². The van der Waals surface area contributed by atoms with Crippen LogP contribution in [0.5, 0.6) is 0 Å². The Hall–Kier alpha value is -2.10. The third-order valence-corrected chi connectivity index (χ3v) is 1.99. The maximum Gasteiger partial charge on any atom is 0.168 e. The summed E-state index contributed by atoms with van der Waals surface area (Å²) >= 11 is 0. The van der Waals surface area contributed by atoms with E-state index in [2.05, 4.69) is 15.2 Å². The van der Waals surface area contributed by atoms with E-state index in [1.54, 1.807) is 18.5 Å². The number of rotatable bonds is 3. The first-order valence-corrected chi connectivity index (χ1v) is 4.55. The summed E-state index contributed by atoms with van der Waals surface area (Å²) < 4.78 is 0. The molecule has 0 atom stereocenters. The first-order chi connectivity index (χ1) is 7.36. The number of aromatic nitrogens is 3. The van der Waals surface area contributed by atoms with Gasteiger partial charge in [0.1, 0.15) is 0 Å². The second-order valence-corrected chi connectivity index (χ2v) is 3.09. The SMILES string of the molecule is O=C(Cc1cccnc1)c1ccnnc1. The molecule has 0 N–H and O–H groups in total. The molecule has 0 aliphatic rings. The van der Waals surface area contributed by atoms with Crippen LogP contribution in [-0.2, 0) is 6.42 Å². The van der Waals surface area contributed by atoms with E-state index >= 15 is 0 Å². The van der Waals surface area contributed by atoms with Crippen LogP contribution in [0.2, 0.25) is 0 Å². The number of carbonyl (C=O) groups is 1. The van der Waals surface area contributed by atoms with Crippen LogP contribution in [-0.4, -0.2) is 21.0 Å². The lowest BCUT2D eigenvalue weighted by molar-refractivity contribution is 0.0992. The summed E-state index contributed by atoms with van der Waals surface area (Å²) in [4.78, 5) is 15.7. The minimum Gasteiger partial charge on any atom is -0.294 e. The van der Waals surface area contributed by atoms with Gasteiger partial charge >= 0.3 is 0 Å². The molecule has 0 radical (unpaired) electrons. The Morgan fingerprint density at radius 3 is 2.73 bits per heavy atom. The molecule has 2 heterocycles. The predicted molar refractivity (Wildman–Crippen MR) is 54.3 cm³/mol. The minimum atomic E-state index is 0.0258. The lowest BCUT2D eigenvalue weighted by atomic mass is 10.1. The van der Waals surface area contributed by atoms with Crippen LogP contribution in [0.15, 0.2) is 43.0 Å². The standard InChI is InChI=1S/C11H9N3O/c15-11(10-3-5-13-14-8-10)6-9-2-1-4-12-7-9/h1-5,7-8H,6H2. The maximum atomic E-state index is 11.7. The summed E-state index contributed by atoms with van der Waals surface area (Å²) in [5, 5.41) is 7.28. The van der Waals surface area contributed by atoms with Crippen LogP contribution >= 0.6 is 0 Å². The summed E-state index contributed by atoms with van der Waals surface area (Å²) in [6.45, 7) is 0. The molecule has 4 heteroatoms. The van der Waals surface area contributed by atoms with Crippen molar-refractivity contribution in [2.75, 3.05) is 0 Å². The van der Waals surface area contributed by atoms with Gasteiger partial charge < -0.3 is 0 Å². The van der Waals surface area contributed by atoms with Crippen molar-refractivity contribution in [3.8, 4) is 0 Å². The van der Waals surface area contributed by atoms with Gasteiger partial charge in [-0.25, -0.2) is 0 Å². The Labute approximate surface area is 87.0 Å². The molecule has 0 aromatic carbocycles. The van der Waals surface area contributed by atoms with Gasteiger partial charge in [0, 0.05) is 24.4 Å². The number of nitrogens with zero attached hydrogens (tertiary/aromatic N) is 3. The van der Waals surface area contributed by atoms with Crippen molar-refractivity contribution in [3.05, 3.63) is 54.1 Å². The first-order valence-electron chi connectivity index (χ1n) is 4.55. The number of carbonyl (C=O) groups excluding carboxylic acids is 1. The number of Topliss-reactive ketones (excluding diaryl/α,β-unsaturated/α-hetero) is 1. The third kappa shape index (κ3) is 2.43. The van der Waals surface area contributed by atoms with Crippen molar-refractivity contribution in [3.63, 3.8) is 0 Å². The van der Waals surface area contributed by atoms with E-state index in [0.29, 0.717) is 12.0 Å². The Morgan fingerprint density at radius 2 is 2.07 bits per heavy atom. The zero-order valence-electron chi connectivity index (χ0n) is 8.00. The summed E-state index contributed by atoms with van der Waals surface area (Å²) in [7, 11) is 0. The zero-order chi connectivity index (χ0) is 10.5. The summed E-state index contributed by atoms with van der Waals surface area (Å²) in [5.41, 5.74) is 1.48. The quantitative estimate of drug-likeness (QED) is 0.699. The molecular weight excluding hydrogens is 190 g/mol. The first kappa shape index (κ1) is 9.45. The van der Waals surface area contributed by atoms with Crippen molar-refractivity contribution in [2.24, 2.45) is 0 Å². The van der Waals surface area contributed by atoms with Crippen molar-refractivity contribution >= 4 is 5.78 Å². The average molecular weight is 199 g/mol. The molecule has 0 bridgehead atoms. The van der Waals surface area contributed by atoms with Gasteiger partial charge in [-0.2, -0.15) is 10.2 Å². The highest BCUT2D eigenvalue weighted by Gasteiger charge is 2.06. The Morgan fingerprint density at radius 1 is 1.13 bits per heavy atom. The van der Waals surface area contributed by atoms with E-state index in [0.717, 1.165) is 5.56 Å². The Balaban J connectivity index is 2.12. The number of hydrogen-bond acceptors (Lipinski definition) is 4. The smallest absolute Gasteiger partial charge is 0.168 e. The summed E-state index contributed by atoms with van der Waals surface area (Å²) in [5.74, 6) is 0.0258. The van der Waals surface area contributed by atoms with Gasteiger partial charge in [0.25, 0.3) is 0 Å². The minimum absolute atomic E-state index is 0.0258. The van der Waals surface area contributed by atoms with E-state index in [1.165, 1.54) is 12.4 Å². The monoisotopic (exact) mass is 199 g/mol. The molecular formula is C11H9N3O. The highest BCUT2D eigenvalue weighted by Crippen LogP contribution is 2.04. The Kier molecular flexibility index (Phi) is 2.78. The highest BCUT2D eigenvalue weighted by atomic mass is 16.1. The van der Waals surface area contributed by atoms with Crippen LogP contribution in [0.25, 0.3) is 0 Å². The molecule has 74 valence electrons. The zero-order valence-corrected chi connectivity index (χ0v) is 8.00. The topological polar surface area (TPSA) is 55.7 Å². The van der Waals surface area contributed by atoms with Gasteiger partial charge in [-0.3, -0.25) is 9.78 Å². The second-order valence-electron chi connectivity index (χ2n) is 3.09. The van der Waals surface area contributed by atoms with E-state index in [4.69, 9.17) is 0 Å². The highest BCUT2D eigenvalue weighted by molar-refractivity contribution is 5.97. The fourth-order valence-corrected chi connectivity index (χ4v) is 1.25. The lowest BCUT2D eigenvalue weighted by Crippen LogP contribution is -2.04. The van der Waals surface area contributed by atoms with Gasteiger partial charge in [-0.05, 0) is 17.7 Å². The molecule has 2 aromatic rings. The molecule has 15 heavy (non-hydrogen) atoms. The third-order valence-electron chi connectivity index (χ3n) is 1.99. The average Bonchev–Trinajstić information content (AvgIpc) is 2.31. The van der Waals surface area contributed by atoms with Gasteiger partial charge in [0.05, 0.1) is 12.4 Å². The molecule has 0 saturated carbocycles. The molecule has 0 spiro atoms. The van der Waals surface area contributed by atoms with Crippen LogP contribution in [0.1, 0.15) is 15.9 Å². The molecule has 0 aliphatic heterocycles. The molecule has 0 amide bonds. The van der Waals surface area contributed by atoms with E-state index in [9.17, 15) is 4.79 Å². The molecule has 0 fully saturated rings. The molecule has 0 saturated heterocycles. The van der Waals surface area contributed by atoms with Gasteiger partial charge in [0.2, 0.25) is 0 Å². The second kappa shape index (κ2) is 4.41. The van der Waals surface area contributed by atoms with Crippen LogP contribution in [0, 0.1) is 0 Å². The molecule has 2 aromatic heterocycles. The number of hydrogen-bond donors (Lipinski definition) is 0. The van der Waals surface area contributed by atoms with Gasteiger partial charge in [-0.1, -0.05) is 6.07 Å². The largest absolute Gasteiger partial charge is 0.294 e. The van der Waals surface area contributed by atoms with Crippen molar-refractivity contribution in [1.82, 2.24) is 15.2 Å². The van der Waals surface area contributed by atoms with Gasteiger partial charge in [0.15, 0.2) is 5.78 Å². The van der Waals surface area contributed by atoms with Crippen molar-refractivity contribution in [2.45, 2.75) is 6.42 Å². The molecule has 4 nitrogen and oxygen atoms in total. The lowest BCUT2D eigenvalue weighted by Gasteiger charge is -1.99. The molecule has 2 rings (SSSR count). The predicted octanol–water partition coefficient (Wildman–Crippen LogP) is 1.30. The number of pyridine rings is 1.